The van der Waals surface area contributed by atoms with Crippen LogP contribution in [0.3, 0.4) is 0 Å². The molecule has 4 heteroatoms. The van der Waals surface area contributed by atoms with Crippen LogP contribution in [0.15, 0.2) is 178 Å². The minimum Gasteiger partial charge on any atom is -0.455 e. The molecule has 70 heavy (non-hydrogen) atoms. The largest absolute Gasteiger partial charge is 0.455 e. The topological polar surface area (TPSA) is 33.5 Å². The fourth-order valence-corrected chi connectivity index (χ4v) is 15.6. The van der Waals surface area contributed by atoms with Crippen LogP contribution >= 0.6 is 0 Å². The maximum absolute atomic E-state index is 13.9. The van der Waals surface area contributed by atoms with Gasteiger partial charge in [-0.1, -0.05) is 152 Å². The molecule has 1 aromatic heterocycles. The van der Waals surface area contributed by atoms with Crippen LogP contribution in [0.5, 0.6) is 0 Å². The molecular weight excluding hydrogens is 871 g/mol. The number of hydrogen-bond acceptors (Lipinski definition) is 3. The van der Waals surface area contributed by atoms with Crippen molar-refractivity contribution in [1.29, 1.82) is 0 Å². The number of benzene rings is 9. The van der Waals surface area contributed by atoms with E-state index in [1.54, 1.807) is 0 Å². The number of hydrogen-bond donors (Lipinski definition) is 0. The molecule has 0 amide bonds. The summed E-state index contributed by atoms with van der Waals surface area (Å²) in [7, 11) is -1.20. The summed E-state index contributed by atoms with van der Waals surface area (Å²) in [6.07, 6.45) is 0. The third kappa shape index (κ3) is 4.79. The summed E-state index contributed by atoms with van der Waals surface area (Å²) in [6, 6.07) is 60.5. The Morgan fingerprint density at radius 2 is 0.957 bits per heavy atom. The monoisotopic (exact) mass is 921 g/mol. The Morgan fingerprint density at radius 1 is 0.386 bits per heavy atom. The van der Waals surface area contributed by atoms with E-state index in [4.69, 9.17) is 4.42 Å². The van der Waals surface area contributed by atoms with Gasteiger partial charge in [-0.2, -0.15) is 0 Å². The second kappa shape index (κ2) is 13.1. The van der Waals surface area contributed by atoms with E-state index in [0.717, 1.165) is 49.1 Å². The Hall–Kier alpha value is -7.27. The van der Waals surface area contributed by atoms with Crippen molar-refractivity contribution in [3.63, 3.8) is 0 Å². The Balaban J connectivity index is 0.901. The van der Waals surface area contributed by atoms with E-state index >= 15 is 0 Å². The van der Waals surface area contributed by atoms with Gasteiger partial charge in [0.25, 0.3) is 0 Å². The van der Waals surface area contributed by atoms with Gasteiger partial charge < -0.3 is 9.32 Å². The van der Waals surface area contributed by atoms with Crippen molar-refractivity contribution in [2.24, 2.45) is 0 Å². The molecule has 9 aromatic carbocycles. The van der Waals surface area contributed by atoms with Gasteiger partial charge in [-0.25, -0.2) is 4.21 Å². The van der Waals surface area contributed by atoms with Crippen molar-refractivity contribution in [1.82, 2.24) is 0 Å². The third-order valence-corrected chi connectivity index (χ3v) is 19.1. The SMILES string of the molecule is CC1(C)c2cc(N(c3ccccc3)c3ccc4c(c3)C(C)(C)c3c5c(c6oc7ccccc7c6c3-4)-c3ccccc3C5(C)C)ccc2-c2cc3c(cc21)-c1c(ccc2c1-c1ccccc1S2=O)C3(C)C. The Morgan fingerprint density at radius 3 is 1.74 bits per heavy atom. The lowest BCUT2D eigenvalue weighted by Crippen LogP contribution is -2.24. The van der Waals surface area contributed by atoms with Crippen molar-refractivity contribution < 1.29 is 8.63 Å². The first kappa shape index (κ1) is 40.6. The molecule has 10 aromatic rings. The summed E-state index contributed by atoms with van der Waals surface area (Å²) in [5.41, 5.74) is 27.6. The molecule has 0 bridgehead atoms. The van der Waals surface area contributed by atoms with Crippen molar-refractivity contribution in [3.8, 4) is 55.6 Å². The highest BCUT2D eigenvalue weighted by Crippen LogP contribution is 2.65. The van der Waals surface area contributed by atoms with E-state index in [9.17, 15) is 4.21 Å². The average Bonchev–Trinajstić information content (AvgIpc) is 4.13. The number of anilines is 3. The van der Waals surface area contributed by atoms with E-state index in [0.29, 0.717) is 0 Å². The lowest BCUT2D eigenvalue weighted by molar-refractivity contribution is 0.600. The zero-order valence-electron chi connectivity index (χ0n) is 40.8. The summed E-state index contributed by atoms with van der Waals surface area (Å²) in [5.74, 6) is 0. The van der Waals surface area contributed by atoms with Crippen molar-refractivity contribution in [2.75, 3.05) is 4.90 Å². The van der Waals surface area contributed by atoms with E-state index in [1.807, 2.05) is 12.1 Å². The summed E-state index contributed by atoms with van der Waals surface area (Å²) in [5, 5.41) is 2.39. The molecule has 1 aliphatic heterocycles. The second-order valence-corrected chi connectivity index (χ2v) is 24.0. The Bertz CT molecular complexity index is 4090. The van der Waals surface area contributed by atoms with Crippen LogP contribution in [-0.2, 0) is 32.5 Å². The highest BCUT2D eigenvalue weighted by Gasteiger charge is 2.49. The van der Waals surface area contributed by atoms with Crippen LogP contribution in [0, 0.1) is 0 Å². The molecule has 338 valence electrons. The molecule has 0 saturated carbocycles. The number of nitrogens with zero attached hydrogens (tertiary/aromatic N) is 1. The molecular formula is C66H51NO2S. The van der Waals surface area contributed by atoms with Gasteiger partial charge in [0.2, 0.25) is 0 Å². The zero-order valence-corrected chi connectivity index (χ0v) is 41.6. The van der Waals surface area contributed by atoms with E-state index in [1.165, 1.54) is 99.8 Å². The highest BCUT2D eigenvalue weighted by molar-refractivity contribution is 7.85. The van der Waals surface area contributed by atoms with Gasteiger partial charge in [-0.3, -0.25) is 0 Å². The zero-order chi connectivity index (χ0) is 47.5. The van der Waals surface area contributed by atoms with Gasteiger partial charge in [0.15, 0.2) is 0 Å². The summed E-state index contributed by atoms with van der Waals surface area (Å²) < 4.78 is 20.9. The van der Waals surface area contributed by atoms with Gasteiger partial charge in [-0.05, 0) is 150 Å². The fourth-order valence-electron chi connectivity index (χ4n) is 14.2. The number of rotatable bonds is 3. The molecule has 1 unspecified atom stereocenters. The fraction of sp³-hybridized carbons (Fsp3) is 0.182. The van der Waals surface area contributed by atoms with Crippen LogP contribution < -0.4 is 4.90 Å². The molecule has 2 heterocycles. The smallest absolute Gasteiger partial charge is 0.144 e. The first-order valence-corrected chi connectivity index (χ1v) is 26.0. The minimum absolute atomic E-state index is 0.220. The lowest BCUT2D eigenvalue weighted by atomic mass is 9.72. The third-order valence-electron chi connectivity index (χ3n) is 17.6. The Kier molecular flexibility index (Phi) is 7.61. The van der Waals surface area contributed by atoms with Crippen LogP contribution in [0.1, 0.15) is 99.9 Å². The van der Waals surface area contributed by atoms with Gasteiger partial charge in [0.05, 0.1) is 20.6 Å². The number of para-hydroxylation sites is 2. The van der Waals surface area contributed by atoms with Gasteiger partial charge >= 0.3 is 0 Å². The summed E-state index contributed by atoms with van der Waals surface area (Å²) in [6.45, 7) is 19.2. The maximum Gasteiger partial charge on any atom is 0.144 e. The average molecular weight is 922 g/mol. The van der Waals surface area contributed by atoms with Gasteiger partial charge in [-0.15, -0.1) is 0 Å². The molecule has 0 N–H and O–H groups in total. The quantitative estimate of drug-likeness (QED) is 0.177. The maximum atomic E-state index is 13.9. The molecule has 0 fully saturated rings. The molecule has 15 rings (SSSR count). The van der Waals surface area contributed by atoms with Crippen LogP contribution in [0.2, 0.25) is 0 Å². The molecule has 1 atom stereocenters. The van der Waals surface area contributed by atoms with Crippen molar-refractivity contribution in [2.45, 2.75) is 86.8 Å². The second-order valence-electron chi connectivity index (χ2n) is 22.5. The minimum atomic E-state index is -1.20. The molecule has 0 radical (unpaired) electrons. The molecule has 0 saturated heterocycles. The molecule has 5 aliphatic rings. The van der Waals surface area contributed by atoms with Gasteiger partial charge in [0, 0.05) is 66.2 Å². The standard InChI is InChI=1S/C66H51NO2S/c1-63(2)47-30-31-54-56(43-22-14-17-25-53(43)70(54)68)55(47)45-35-50-44(34-51(45)63)39-28-26-37(32-48(39)64(50,3)4)67(36-18-10-9-11-19-36)38-27-29-41-49(33-38)66(7,8)60-57(41)58-42-21-13-16-24-52(42)69-62(58)59-40-20-12-15-23-46(40)65(5,6)61(59)60/h9-35H,1-8H3. The van der Waals surface area contributed by atoms with Crippen molar-refractivity contribution in [3.05, 3.63) is 208 Å². The highest BCUT2D eigenvalue weighted by atomic mass is 32.2. The van der Waals surface area contributed by atoms with Crippen LogP contribution in [0.25, 0.3) is 77.6 Å². The molecule has 0 spiro atoms. The van der Waals surface area contributed by atoms with E-state index in [-0.39, 0.29) is 21.7 Å². The number of fused-ring (bicyclic) bond motifs is 22. The molecule has 3 nitrogen and oxygen atoms in total. The van der Waals surface area contributed by atoms with Crippen LogP contribution in [-0.4, -0.2) is 4.21 Å². The predicted molar refractivity (Wildman–Crippen MR) is 289 cm³/mol. The van der Waals surface area contributed by atoms with E-state index < -0.39 is 10.8 Å². The number of furan rings is 1. The normalized spacial score (nSPS) is 17.8. The summed E-state index contributed by atoms with van der Waals surface area (Å²) in [4.78, 5) is 4.31. The first-order valence-electron chi connectivity index (χ1n) is 24.8. The first-order chi connectivity index (χ1) is 33.7. The summed E-state index contributed by atoms with van der Waals surface area (Å²) >= 11 is 0. The lowest BCUT2D eigenvalue weighted by Gasteiger charge is -2.32. The molecule has 4 aliphatic carbocycles. The van der Waals surface area contributed by atoms with E-state index in [2.05, 4.69) is 212 Å². The predicted octanol–water partition coefficient (Wildman–Crippen LogP) is 17.4. The van der Waals surface area contributed by atoms with Crippen LogP contribution in [0.4, 0.5) is 17.1 Å². The van der Waals surface area contributed by atoms with Gasteiger partial charge in [0.1, 0.15) is 11.2 Å². The Labute approximate surface area is 411 Å². The van der Waals surface area contributed by atoms with Crippen molar-refractivity contribution >= 4 is 49.8 Å².